The van der Waals surface area contributed by atoms with E-state index in [1.807, 2.05) is 14.0 Å². The highest BCUT2D eigenvalue weighted by molar-refractivity contribution is 5.83. The van der Waals surface area contributed by atoms with E-state index in [0.717, 1.165) is 0 Å². The first-order chi connectivity index (χ1) is 8.25. The topological polar surface area (TPSA) is 65.1 Å². The van der Waals surface area contributed by atoms with Gasteiger partial charge in [-0.1, -0.05) is 5.16 Å². The van der Waals surface area contributed by atoms with Crippen LogP contribution in [0.1, 0.15) is 6.92 Å². The molecule has 1 aliphatic rings. The van der Waals surface area contributed by atoms with Crippen molar-refractivity contribution in [1.82, 2.24) is 9.80 Å². The zero-order valence-electron chi connectivity index (χ0n) is 10.5. The lowest BCUT2D eigenvalue weighted by Gasteiger charge is -2.39. The molecule has 0 saturated carbocycles. The van der Waals surface area contributed by atoms with E-state index in [1.54, 1.807) is 4.90 Å². The Morgan fingerprint density at radius 3 is 2.56 bits per heavy atom. The Labute approximate surface area is 104 Å². The number of nitrogens with zero attached hydrogens (tertiary/aromatic N) is 3. The Morgan fingerprint density at radius 1 is 1.50 bits per heavy atom. The van der Waals surface area contributed by atoms with E-state index in [9.17, 15) is 13.2 Å². The summed E-state index contributed by atoms with van der Waals surface area (Å²) < 4.78 is 38.3. The van der Waals surface area contributed by atoms with Crippen molar-refractivity contribution in [3.05, 3.63) is 0 Å². The summed E-state index contributed by atoms with van der Waals surface area (Å²) in [6.45, 7) is 3.49. The molecule has 0 spiro atoms. The van der Waals surface area contributed by atoms with Crippen LogP contribution in [0.25, 0.3) is 0 Å². The third-order valence-corrected chi connectivity index (χ3v) is 3.35. The average Bonchev–Trinajstić information content (AvgIpc) is 2.28. The number of halogens is 3. The number of oxime groups is 1. The van der Waals surface area contributed by atoms with E-state index < -0.39 is 17.9 Å². The largest absolute Gasteiger partial charge is 0.409 e. The number of likely N-dealkylation sites (N-methyl/N-ethyl adjacent to an activating group) is 1. The van der Waals surface area contributed by atoms with E-state index >= 15 is 0 Å². The molecule has 5 nitrogen and oxygen atoms in total. The second kappa shape index (κ2) is 5.75. The summed E-state index contributed by atoms with van der Waals surface area (Å²) in [6, 6.07) is 0.194. The molecule has 0 aromatic carbocycles. The molecule has 1 heterocycles. The van der Waals surface area contributed by atoms with Gasteiger partial charge in [-0.15, -0.1) is 0 Å². The fraction of sp³-hybridized carbons (Fsp3) is 0.900. The molecule has 0 aromatic heterocycles. The quantitative estimate of drug-likeness (QED) is 0.339. The highest BCUT2D eigenvalue weighted by Gasteiger charge is 2.44. The van der Waals surface area contributed by atoms with Crippen LogP contribution in [0.5, 0.6) is 0 Å². The summed E-state index contributed by atoms with van der Waals surface area (Å²) in [6.07, 6.45) is -4.50. The molecule has 0 amide bonds. The van der Waals surface area contributed by atoms with Crippen LogP contribution >= 0.6 is 0 Å². The Hall–Kier alpha value is -1.02. The molecule has 1 fully saturated rings. The first-order valence-corrected chi connectivity index (χ1v) is 5.72. The third-order valence-electron chi connectivity index (χ3n) is 3.35. The van der Waals surface area contributed by atoms with Crippen molar-refractivity contribution >= 4 is 5.84 Å². The second-order valence-corrected chi connectivity index (χ2v) is 4.71. The summed E-state index contributed by atoms with van der Waals surface area (Å²) >= 11 is 0. The van der Waals surface area contributed by atoms with E-state index in [2.05, 4.69) is 10.1 Å². The molecule has 3 N–H and O–H groups in total. The Bertz CT molecular complexity index is 308. The summed E-state index contributed by atoms with van der Waals surface area (Å²) in [4.78, 5) is 3.78. The number of nitrogens with two attached hydrogens (primary N) is 1. The van der Waals surface area contributed by atoms with Gasteiger partial charge in [0, 0.05) is 32.2 Å². The Balaban J connectivity index is 2.68. The van der Waals surface area contributed by atoms with Crippen LogP contribution in [0.4, 0.5) is 13.2 Å². The Morgan fingerprint density at radius 2 is 2.11 bits per heavy atom. The van der Waals surface area contributed by atoms with Crippen LogP contribution in [0.15, 0.2) is 5.16 Å². The lowest BCUT2D eigenvalue weighted by Crippen LogP contribution is -2.53. The van der Waals surface area contributed by atoms with Gasteiger partial charge in [0.25, 0.3) is 0 Å². The maximum Gasteiger partial charge on any atom is 0.400 e. The smallest absolute Gasteiger partial charge is 0.400 e. The monoisotopic (exact) mass is 268 g/mol. The maximum absolute atomic E-state index is 12.8. The number of rotatable bonds is 3. The summed E-state index contributed by atoms with van der Waals surface area (Å²) in [7, 11) is 1.94. The van der Waals surface area contributed by atoms with Crippen LogP contribution in [0.2, 0.25) is 0 Å². The minimum Gasteiger partial charge on any atom is -0.409 e. The van der Waals surface area contributed by atoms with Gasteiger partial charge in [0.1, 0.15) is 5.92 Å². The molecule has 0 aromatic rings. The molecular formula is C10H19F3N4O. The lowest BCUT2D eigenvalue weighted by atomic mass is 10.1. The molecule has 0 aliphatic carbocycles. The maximum atomic E-state index is 12.8. The van der Waals surface area contributed by atoms with Gasteiger partial charge in [0.15, 0.2) is 5.84 Å². The first-order valence-electron chi connectivity index (χ1n) is 5.72. The van der Waals surface area contributed by atoms with Gasteiger partial charge in [-0.3, -0.25) is 4.90 Å². The average molecular weight is 268 g/mol. The third kappa shape index (κ3) is 3.74. The van der Waals surface area contributed by atoms with Crippen molar-refractivity contribution in [3.8, 4) is 0 Å². The SMILES string of the molecule is CC1CN(CC(C(N)=NO)C(F)(F)F)CCN1C. The van der Waals surface area contributed by atoms with Crippen molar-refractivity contribution in [2.75, 3.05) is 33.2 Å². The van der Waals surface area contributed by atoms with Crippen molar-refractivity contribution in [2.45, 2.75) is 19.1 Å². The Kier molecular flexibility index (Phi) is 4.80. The fourth-order valence-electron chi connectivity index (χ4n) is 1.98. The number of hydrogen-bond donors (Lipinski definition) is 2. The zero-order valence-corrected chi connectivity index (χ0v) is 10.5. The first kappa shape index (κ1) is 15.0. The zero-order chi connectivity index (χ0) is 13.9. The molecule has 18 heavy (non-hydrogen) atoms. The molecule has 1 rings (SSSR count). The number of piperazine rings is 1. The molecule has 2 unspecified atom stereocenters. The van der Waals surface area contributed by atoms with Gasteiger partial charge in [-0.25, -0.2) is 0 Å². The second-order valence-electron chi connectivity index (χ2n) is 4.71. The molecule has 2 atom stereocenters. The van der Waals surface area contributed by atoms with Crippen LogP contribution in [0, 0.1) is 5.92 Å². The molecule has 0 bridgehead atoms. The summed E-state index contributed by atoms with van der Waals surface area (Å²) in [5, 5.41) is 10.9. The predicted octanol–water partition coefficient (Wildman–Crippen LogP) is 0.547. The highest BCUT2D eigenvalue weighted by atomic mass is 19.4. The molecule has 0 radical (unpaired) electrons. The summed E-state index contributed by atoms with van der Waals surface area (Å²) in [5.41, 5.74) is 5.13. The van der Waals surface area contributed by atoms with Gasteiger partial charge < -0.3 is 15.8 Å². The molecule has 1 saturated heterocycles. The predicted molar refractivity (Wildman–Crippen MR) is 61.5 cm³/mol. The van der Waals surface area contributed by atoms with Crippen LogP contribution in [-0.4, -0.2) is 66.3 Å². The standard InChI is InChI=1S/C10H19F3N4O/c1-7-5-17(4-3-16(7)2)6-8(9(14)15-18)10(11,12)13/h7-8,18H,3-6H2,1-2H3,(H2,14,15). The van der Waals surface area contributed by atoms with Crippen LogP contribution in [0.3, 0.4) is 0 Å². The summed E-state index contributed by atoms with van der Waals surface area (Å²) in [5.74, 6) is -2.70. The van der Waals surface area contributed by atoms with Crippen molar-refractivity contribution < 1.29 is 18.4 Å². The lowest BCUT2D eigenvalue weighted by molar-refractivity contribution is -0.161. The normalized spacial score (nSPS) is 26.3. The minimum atomic E-state index is -4.50. The fourth-order valence-corrected chi connectivity index (χ4v) is 1.98. The highest BCUT2D eigenvalue weighted by Crippen LogP contribution is 2.27. The van der Waals surface area contributed by atoms with Gasteiger partial charge >= 0.3 is 6.18 Å². The van der Waals surface area contributed by atoms with Crippen LogP contribution in [-0.2, 0) is 0 Å². The molecule has 1 aliphatic heterocycles. The van der Waals surface area contributed by atoms with E-state index in [-0.39, 0.29) is 12.6 Å². The van der Waals surface area contributed by atoms with E-state index in [4.69, 9.17) is 10.9 Å². The van der Waals surface area contributed by atoms with E-state index in [1.165, 1.54) is 0 Å². The number of alkyl halides is 3. The van der Waals surface area contributed by atoms with Gasteiger partial charge in [0.05, 0.1) is 0 Å². The van der Waals surface area contributed by atoms with Gasteiger partial charge in [-0.05, 0) is 14.0 Å². The van der Waals surface area contributed by atoms with E-state index in [0.29, 0.717) is 19.6 Å². The van der Waals surface area contributed by atoms with Gasteiger partial charge in [-0.2, -0.15) is 13.2 Å². The van der Waals surface area contributed by atoms with Crippen molar-refractivity contribution in [2.24, 2.45) is 16.8 Å². The number of hydrogen-bond acceptors (Lipinski definition) is 4. The van der Waals surface area contributed by atoms with Gasteiger partial charge in [0.2, 0.25) is 0 Å². The number of amidine groups is 1. The molecular weight excluding hydrogens is 249 g/mol. The molecule has 8 heteroatoms. The molecule has 106 valence electrons. The minimum absolute atomic E-state index is 0.194. The van der Waals surface area contributed by atoms with Crippen molar-refractivity contribution in [3.63, 3.8) is 0 Å². The van der Waals surface area contributed by atoms with Crippen LogP contribution < -0.4 is 5.73 Å². The van der Waals surface area contributed by atoms with Crippen molar-refractivity contribution in [1.29, 1.82) is 0 Å².